The minimum Gasteiger partial charge on any atom is -0.449 e. The van der Waals surface area contributed by atoms with Crippen LogP contribution in [-0.4, -0.2) is 34.8 Å². The number of Topliss-reactive ketones (excluding diaryl/α,β-unsaturated/α-hetero) is 1. The fourth-order valence-corrected chi connectivity index (χ4v) is 5.67. The second-order valence-corrected chi connectivity index (χ2v) is 8.82. The molecule has 3 aromatic rings. The van der Waals surface area contributed by atoms with Gasteiger partial charge in [0.2, 0.25) is 0 Å². The number of rotatable bonds is 3. The van der Waals surface area contributed by atoms with Gasteiger partial charge in [0.25, 0.3) is 0 Å². The summed E-state index contributed by atoms with van der Waals surface area (Å²) in [6.45, 7) is 1.36. The normalized spacial score (nSPS) is 24.5. The second kappa shape index (κ2) is 5.46. The summed E-state index contributed by atoms with van der Waals surface area (Å²) in [5.41, 5.74) is 0.975. The Kier molecular flexibility index (Phi) is 3.18. The van der Waals surface area contributed by atoms with Gasteiger partial charge < -0.3 is 10.1 Å². The Morgan fingerprint density at radius 3 is 2.79 bits per heavy atom. The summed E-state index contributed by atoms with van der Waals surface area (Å²) >= 11 is 1.56. The van der Waals surface area contributed by atoms with Crippen LogP contribution in [0.3, 0.4) is 0 Å². The van der Waals surface area contributed by atoms with E-state index in [2.05, 4.69) is 10.3 Å². The van der Waals surface area contributed by atoms with Gasteiger partial charge in [0.15, 0.2) is 11.4 Å². The van der Waals surface area contributed by atoms with E-state index in [1.165, 1.54) is 0 Å². The number of ether oxygens (including phenoxy) is 1. The number of nitrogens with one attached hydrogen (secondary N) is 1. The van der Waals surface area contributed by atoms with Crippen LogP contribution in [0.5, 0.6) is 0 Å². The van der Waals surface area contributed by atoms with Crippen LogP contribution in [0.15, 0.2) is 36.5 Å². The van der Waals surface area contributed by atoms with Gasteiger partial charge in [0.05, 0.1) is 21.2 Å². The molecule has 6 rings (SSSR count). The van der Waals surface area contributed by atoms with Crippen molar-refractivity contribution in [2.45, 2.75) is 30.3 Å². The van der Waals surface area contributed by atoms with Crippen molar-refractivity contribution in [3.63, 3.8) is 0 Å². The first kappa shape index (κ1) is 16.3. The van der Waals surface area contributed by atoms with Gasteiger partial charge in [0.1, 0.15) is 10.7 Å². The molecular weight excluding hydrogens is 374 g/mol. The first-order valence-corrected chi connectivity index (χ1v) is 10.3. The summed E-state index contributed by atoms with van der Waals surface area (Å²) in [4.78, 5) is 35.4. The molecule has 6 nitrogen and oxygen atoms in total. The molecule has 0 amide bonds. The number of esters is 1. The third-order valence-corrected chi connectivity index (χ3v) is 7.39. The molecule has 1 saturated heterocycles. The molecule has 2 aliphatic heterocycles. The lowest BCUT2D eigenvalue weighted by molar-refractivity contribution is 0.00158. The molecule has 1 atom stereocenters. The lowest BCUT2D eigenvalue weighted by Gasteiger charge is -2.21. The number of carbonyl (C=O) groups is 2. The first-order chi connectivity index (χ1) is 13.6. The Hall–Kier alpha value is -2.64. The van der Waals surface area contributed by atoms with Crippen LogP contribution in [0, 0.1) is 0 Å². The van der Waals surface area contributed by atoms with Crippen molar-refractivity contribution in [3.05, 3.63) is 58.4 Å². The number of pyridine rings is 1. The maximum atomic E-state index is 13.6. The van der Waals surface area contributed by atoms with Crippen molar-refractivity contribution in [3.8, 4) is 0 Å². The second-order valence-electron chi connectivity index (χ2n) is 7.79. The van der Waals surface area contributed by atoms with Crippen LogP contribution in [0.1, 0.15) is 50.7 Å². The minimum absolute atomic E-state index is 0.108. The average molecular weight is 391 g/mol. The van der Waals surface area contributed by atoms with Crippen LogP contribution in [0.2, 0.25) is 0 Å². The molecule has 4 heterocycles. The van der Waals surface area contributed by atoms with E-state index < -0.39 is 17.0 Å². The zero-order chi connectivity index (χ0) is 18.9. The molecule has 28 heavy (non-hydrogen) atoms. The average Bonchev–Trinajstić information content (AvgIpc) is 3.08. The third kappa shape index (κ3) is 2.06. The number of thiazole rings is 1. The molecule has 1 unspecified atom stereocenters. The van der Waals surface area contributed by atoms with Crippen LogP contribution < -0.4 is 5.32 Å². The first-order valence-electron chi connectivity index (χ1n) is 9.47. The molecule has 1 N–H and O–H groups in total. The van der Waals surface area contributed by atoms with E-state index in [1.807, 2.05) is 30.3 Å². The van der Waals surface area contributed by atoms with E-state index in [1.54, 1.807) is 17.5 Å². The fraction of sp³-hybridized carbons (Fsp3) is 0.333. The number of fused-ring (bicyclic) bond motifs is 3. The standard InChI is InChI=1S/C21H17N3O3S/c25-17(20(6-7-20)19-24-13-3-1-2-4-14(13)28-19)16-15-12(5-9-23-16)21(27-18(15)26)8-10-22-11-21/h1-5,9,22H,6-8,10-11H2. The number of hydrogen-bond donors (Lipinski definition) is 1. The highest BCUT2D eigenvalue weighted by Crippen LogP contribution is 2.53. The fourth-order valence-electron chi connectivity index (χ4n) is 4.46. The summed E-state index contributed by atoms with van der Waals surface area (Å²) in [6.07, 6.45) is 3.81. The van der Waals surface area contributed by atoms with Crippen molar-refractivity contribution in [2.24, 2.45) is 0 Å². The predicted molar refractivity (Wildman–Crippen MR) is 104 cm³/mol. The molecule has 1 aromatic carbocycles. The summed E-state index contributed by atoms with van der Waals surface area (Å²) in [7, 11) is 0. The smallest absolute Gasteiger partial charge is 0.341 e. The number of aromatic nitrogens is 2. The molecular formula is C21H17N3O3S. The number of ketones is 1. The maximum Gasteiger partial charge on any atom is 0.341 e. The molecule has 1 spiro atoms. The molecule has 0 radical (unpaired) electrons. The Bertz CT molecular complexity index is 1130. The number of hydrogen-bond acceptors (Lipinski definition) is 7. The Balaban J connectivity index is 1.46. The monoisotopic (exact) mass is 391 g/mol. The van der Waals surface area contributed by atoms with E-state index in [9.17, 15) is 9.59 Å². The van der Waals surface area contributed by atoms with Gasteiger partial charge in [-0.2, -0.15) is 0 Å². The highest BCUT2D eigenvalue weighted by molar-refractivity contribution is 7.18. The van der Waals surface area contributed by atoms with Gasteiger partial charge in [-0.05, 0) is 37.6 Å². The molecule has 140 valence electrons. The molecule has 2 aromatic heterocycles. The number of para-hydroxylation sites is 1. The summed E-state index contributed by atoms with van der Waals surface area (Å²) < 4.78 is 6.82. The van der Waals surface area contributed by atoms with E-state index in [-0.39, 0.29) is 11.5 Å². The Labute approximate surface area is 165 Å². The summed E-state index contributed by atoms with van der Waals surface area (Å²) in [5, 5.41) is 4.08. The van der Waals surface area contributed by atoms with Crippen molar-refractivity contribution in [1.82, 2.24) is 15.3 Å². The number of nitrogens with zero attached hydrogens (tertiary/aromatic N) is 2. The summed E-state index contributed by atoms with van der Waals surface area (Å²) in [6, 6.07) is 9.72. The summed E-state index contributed by atoms with van der Waals surface area (Å²) in [5.74, 6) is -0.543. The highest BCUT2D eigenvalue weighted by Gasteiger charge is 2.57. The van der Waals surface area contributed by atoms with Gasteiger partial charge in [0, 0.05) is 24.7 Å². The minimum atomic E-state index is -0.657. The molecule has 2 fully saturated rings. The van der Waals surface area contributed by atoms with Gasteiger partial charge in [-0.1, -0.05) is 12.1 Å². The molecule has 1 saturated carbocycles. The van der Waals surface area contributed by atoms with Crippen LogP contribution in [0.4, 0.5) is 0 Å². The molecule has 7 heteroatoms. The lowest BCUT2D eigenvalue weighted by Crippen LogP contribution is -2.29. The van der Waals surface area contributed by atoms with Gasteiger partial charge in [-0.15, -0.1) is 11.3 Å². The van der Waals surface area contributed by atoms with E-state index >= 15 is 0 Å². The van der Waals surface area contributed by atoms with E-state index in [4.69, 9.17) is 9.72 Å². The SMILES string of the molecule is O=C1OC2(CCNC2)c2ccnc(C(=O)C3(c4nc5ccccc5s4)CC3)c21. The Morgan fingerprint density at radius 1 is 1.18 bits per heavy atom. The molecule has 3 aliphatic rings. The van der Waals surface area contributed by atoms with Gasteiger partial charge in [-0.25, -0.2) is 9.78 Å². The van der Waals surface area contributed by atoms with Crippen molar-refractivity contribution < 1.29 is 14.3 Å². The topological polar surface area (TPSA) is 81.2 Å². The van der Waals surface area contributed by atoms with Crippen LogP contribution in [-0.2, 0) is 15.8 Å². The maximum absolute atomic E-state index is 13.6. The number of carbonyl (C=O) groups excluding carboxylic acids is 2. The largest absolute Gasteiger partial charge is 0.449 e. The van der Waals surface area contributed by atoms with Crippen LogP contribution in [0.25, 0.3) is 10.2 Å². The van der Waals surface area contributed by atoms with Crippen molar-refractivity contribution >= 4 is 33.3 Å². The molecule has 0 bridgehead atoms. The zero-order valence-electron chi connectivity index (χ0n) is 15.0. The predicted octanol–water partition coefficient (Wildman–Crippen LogP) is 2.96. The quantitative estimate of drug-likeness (QED) is 0.546. The van der Waals surface area contributed by atoms with Gasteiger partial charge >= 0.3 is 5.97 Å². The zero-order valence-corrected chi connectivity index (χ0v) is 15.8. The van der Waals surface area contributed by atoms with Gasteiger partial charge in [-0.3, -0.25) is 9.78 Å². The van der Waals surface area contributed by atoms with E-state index in [0.717, 1.165) is 40.2 Å². The number of benzene rings is 1. The third-order valence-electron chi connectivity index (χ3n) is 6.15. The van der Waals surface area contributed by atoms with E-state index in [0.29, 0.717) is 18.5 Å². The van der Waals surface area contributed by atoms with Crippen LogP contribution >= 0.6 is 11.3 Å². The Morgan fingerprint density at radius 2 is 2.04 bits per heavy atom. The van der Waals surface area contributed by atoms with Crippen molar-refractivity contribution in [1.29, 1.82) is 0 Å². The molecule has 1 aliphatic carbocycles. The van der Waals surface area contributed by atoms with Crippen molar-refractivity contribution in [2.75, 3.05) is 13.1 Å². The lowest BCUT2D eigenvalue weighted by atomic mass is 9.88. The highest BCUT2D eigenvalue weighted by atomic mass is 32.1.